The maximum Gasteiger partial charge on any atom is 0.323 e. The van der Waals surface area contributed by atoms with Gasteiger partial charge in [0.05, 0.1) is 7.11 Å². The Morgan fingerprint density at radius 2 is 2.00 bits per heavy atom. The van der Waals surface area contributed by atoms with E-state index in [1.54, 1.807) is 0 Å². The molecule has 0 amide bonds. The van der Waals surface area contributed by atoms with Crippen molar-refractivity contribution in [2.24, 2.45) is 5.92 Å². The second kappa shape index (κ2) is 7.41. The fourth-order valence-corrected chi connectivity index (χ4v) is 3.11. The zero-order valence-corrected chi connectivity index (χ0v) is 14.5. The van der Waals surface area contributed by atoms with Gasteiger partial charge in [-0.25, -0.2) is 0 Å². The van der Waals surface area contributed by atoms with Crippen molar-refractivity contribution in [1.82, 2.24) is 5.32 Å². The Kier molecular flexibility index (Phi) is 5.82. The summed E-state index contributed by atoms with van der Waals surface area (Å²) in [6.45, 7) is 4.20. The van der Waals surface area contributed by atoms with Crippen LogP contribution in [0.4, 0.5) is 0 Å². The highest BCUT2D eigenvalue weighted by Crippen LogP contribution is 2.37. The molecule has 0 saturated heterocycles. The van der Waals surface area contributed by atoms with Gasteiger partial charge in [-0.2, -0.15) is 0 Å². The predicted octanol–water partition coefficient (Wildman–Crippen LogP) is 3.87. The molecule has 116 valence electrons. The van der Waals surface area contributed by atoms with Crippen molar-refractivity contribution in [2.45, 2.75) is 51.1 Å². The van der Waals surface area contributed by atoms with E-state index in [4.69, 9.17) is 4.74 Å². The number of hydrogen-bond acceptors (Lipinski definition) is 3. The van der Waals surface area contributed by atoms with E-state index in [1.165, 1.54) is 12.7 Å². The first-order chi connectivity index (χ1) is 10.0. The van der Waals surface area contributed by atoms with Crippen LogP contribution in [-0.2, 0) is 9.53 Å². The average Bonchev–Trinajstić information content (AvgIpc) is 2.46. The average molecular weight is 354 g/mol. The minimum Gasteiger partial charge on any atom is -0.468 e. The molecule has 0 aliphatic heterocycles. The number of nitrogens with one attached hydrogen (secondary N) is 1. The van der Waals surface area contributed by atoms with Gasteiger partial charge < -0.3 is 10.1 Å². The molecule has 1 aliphatic carbocycles. The number of methoxy groups -OCH3 is 1. The molecule has 2 rings (SSSR count). The Labute approximate surface area is 135 Å². The number of halogens is 1. The number of hydrogen-bond donors (Lipinski definition) is 1. The first-order valence-corrected chi connectivity index (χ1v) is 8.43. The molecule has 2 atom stereocenters. The topological polar surface area (TPSA) is 38.3 Å². The van der Waals surface area contributed by atoms with Crippen molar-refractivity contribution in [3.05, 3.63) is 34.3 Å². The molecule has 0 radical (unpaired) electrons. The van der Waals surface area contributed by atoms with Crippen LogP contribution in [0.25, 0.3) is 0 Å². The Morgan fingerprint density at radius 1 is 1.38 bits per heavy atom. The Hall–Kier alpha value is -0.870. The number of benzene rings is 1. The standard InChI is InChI=1S/C17H24BrNO2/c1-4-11(2)16(17(20)21-3)19-15-9-13(10-15)12-5-7-14(18)8-6-12/h5-8,11,13,15-16,19H,4,9-10H2,1-3H3. The second-order valence-electron chi connectivity index (χ2n) is 5.97. The molecular formula is C17H24BrNO2. The lowest BCUT2D eigenvalue weighted by Crippen LogP contribution is -2.51. The molecule has 1 fully saturated rings. The fourth-order valence-electron chi connectivity index (χ4n) is 2.84. The minimum atomic E-state index is -0.184. The molecule has 4 heteroatoms. The lowest BCUT2D eigenvalue weighted by atomic mass is 9.75. The van der Waals surface area contributed by atoms with Crippen LogP contribution in [-0.4, -0.2) is 25.2 Å². The smallest absolute Gasteiger partial charge is 0.323 e. The van der Waals surface area contributed by atoms with E-state index in [-0.39, 0.29) is 12.0 Å². The molecular weight excluding hydrogens is 330 g/mol. The van der Waals surface area contributed by atoms with Crippen LogP contribution in [0.3, 0.4) is 0 Å². The quantitative estimate of drug-likeness (QED) is 0.788. The molecule has 0 aromatic heterocycles. The lowest BCUT2D eigenvalue weighted by molar-refractivity contribution is -0.145. The van der Waals surface area contributed by atoms with E-state index in [0.29, 0.717) is 17.9 Å². The molecule has 3 nitrogen and oxygen atoms in total. The van der Waals surface area contributed by atoms with Gasteiger partial charge in [0.15, 0.2) is 0 Å². The number of rotatable bonds is 6. The first kappa shape index (κ1) is 16.5. The number of carbonyl (C=O) groups excluding carboxylic acids is 1. The Balaban J connectivity index is 1.88. The monoisotopic (exact) mass is 353 g/mol. The van der Waals surface area contributed by atoms with Crippen molar-refractivity contribution < 1.29 is 9.53 Å². The van der Waals surface area contributed by atoms with Gasteiger partial charge in [-0.05, 0) is 42.4 Å². The largest absolute Gasteiger partial charge is 0.468 e. The molecule has 0 heterocycles. The van der Waals surface area contributed by atoms with Gasteiger partial charge >= 0.3 is 5.97 Å². The number of esters is 1. The maximum absolute atomic E-state index is 11.9. The molecule has 1 aliphatic rings. The predicted molar refractivity (Wildman–Crippen MR) is 88.3 cm³/mol. The van der Waals surface area contributed by atoms with Gasteiger partial charge in [0.25, 0.3) is 0 Å². The van der Waals surface area contributed by atoms with E-state index in [0.717, 1.165) is 23.7 Å². The molecule has 21 heavy (non-hydrogen) atoms. The van der Waals surface area contributed by atoms with Crippen LogP contribution in [0.15, 0.2) is 28.7 Å². The van der Waals surface area contributed by atoms with Crippen molar-refractivity contribution >= 4 is 21.9 Å². The lowest BCUT2D eigenvalue weighted by Gasteiger charge is -2.39. The molecule has 0 bridgehead atoms. The summed E-state index contributed by atoms with van der Waals surface area (Å²) >= 11 is 3.46. The van der Waals surface area contributed by atoms with Gasteiger partial charge in [0, 0.05) is 10.5 Å². The van der Waals surface area contributed by atoms with Crippen LogP contribution in [0.2, 0.25) is 0 Å². The van der Waals surface area contributed by atoms with E-state index < -0.39 is 0 Å². The van der Waals surface area contributed by atoms with Gasteiger partial charge in [0.1, 0.15) is 6.04 Å². The van der Waals surface area contributed by atoms with E-state index in [1.807, 2.05) is 0 Å². The van der Waals surface area contributed by atoms with Crippen molar-refractivity contribution in [1.29, 1.82) is 0 Å². The zero-order valence-electron chi connectivity index (χ0n) is 12.9. The van der Waals surface area contributed by atoms with E-state index in [2.05, 4.69) is 59.4 Å². The number of carbonyl (C=O) groups is 1. The van der Waals surface area contributed by atoms with Gasteiger partial charge in [-0.3, -0.25) is 4.79 Å². The summed E-state index contributed by atoms with van der Waals surface area (Å²) in [6.07, 6.45) is 3.15. The molecule has 1 aromatic rings. The maximum atomic E-state index is 11.9. The molecule has 0 spiro atoms. The van der Waals surface area contributed by atoms with Crippen molar-refractivity contribution in [3.63, 3.8) is 0 Å². The van der Waals surface area contributed by atoms with Gasteiger partial charge in [-0.15, -0.1) is 0 Å². The third-order valence-corrected chi connectivity index (χ3v) is 5.09. The summed E-state index contributed by atoms with van der Waals surface area (Å²) in [7, 11) is 1.46. The van der Waals surface area contributed by atoms with Crippen LogP contribution >= 0.6 is 15.9 Å². The molecule has 1 aromatic carbocycles. The highest BCUT2D eigenvalue weighted by Gasteiger charge is 2.35. The Morgan fingerprint density at radius 3 is 2.52 bits per heavy atom. The highest BCUT2D eigenvalue weighted by molar-refractivity contribution is 9.10. The SMILES string of the molecule is CCC(C)C(NC1CC(c2ccc(Br)cc2)C1)C(=O)OC. The van der Waals surface area contributed by atoms with E-state index in [9.17, 15) is 4.79 Å². The minimum absolute atomic E-state index is 0.142. The summed E-state index contributed by atoms with van der Waals surface area (Å²) in [5, 5.41) is 3.48. The third-order valence-electron chi connectivity index (χ3n) is 4.56. The molecule has 1 saturated carbocycles. The molecule has 1 N–H and O–H groups in total. The first-order valence-electron chi connectivity index (χ1n) is 7.64. The van der Waals surface area contributed by atoms with Gasteiger partial charge in [-0.1, -0.05) is 48.3 Å². The number of ether oxygens (including phenoxy) is 1. The summed E-state index contributed by atoms with van der Waals surface area (Å²) in [4.78, 5) is 11.9. The normalized spacial score (nSPS) is 24.0. The van der Waals surface area contributed by atoms with Crippen molar-refractivity contribution in [2.75, 3.05) is 7.11 Å². The van der Waals surface area contributed by atoms with Crippen LogP contribution in [0.5, 0.6) is 0 Å². The molecule has 2 unspecified atom stereocenters. The summed E-state index contributed by atoms with van der Waals surface area (Å²) in [5.74, 6) is 0.756. The summed E-state index contributed by atoms with van der Waals surface area (Å²) < 4.78 is 6.04. The van der Waals surface area contributed by atoms with Crippen LogP contribution in [0.1, 0.15) is 44.6 Å². The van der Waals surface area contributed by atoms with Gasteiger partial charge in [0.2, 0.25) is 0 Å². The fraction of sp³-hybridized carbons (Fsp3) is 0.588. The summed E-state index contributed by atoms with van der Waals surface area (Å²) in [5.41, 5.74) is 1.38. The summed E-state index contributed by atoms with van der Waals surface area (Å²) in [6, 6.07) is 8.76. The van der Waals surface area contributed by atoms with E-state index >= 15 is 0 Å². The van der Waals surface area contributed by atoms with Crippen LogP contribution < -0.4 is 5.32 Å². The van der Waals surface area contributed by atoms with Crippen molar-refractivity contribution in [3.8, 4) is 0 Å². The van der Waals surface area contributed by atoms with Crippen LogP contribution in [0, 0.1) is 5.92 Å². The zero-order chi connectivity index (χ0) is 15.4. The second-order valence-corrected chi connectivity index (χ2v) is 6.89. The highest BCUT2D eigenvalue weighted by atomic mass is 79.9. The third kappa shape index (κ3) is 4.07. The Bertz CT molecular complexity index is 468.